The lowest BCUT2D eigenvalue weighted by Crippen LogP contribution is -2.04. The largest absolute Gasteiger partial charge is 0.340 e. The highest BCUT2D eigenvalue weighted by Gasteiger charge is 2.09. The zero-order valence-corrected chi connectivity index (χ0v) is 10.8. The third-order valence-corrected chi connectivity index (χ3v) is 3.06. The van der Waals surface area contributed by atoms with Gasteiger partial charge in [0.1, 0.15) is 0 Å². The van der Waals surface area contributed by atoms with Gasteiger partial charge >= 0.3 is 0 Å². The summed E-state index contributed by atoms with van der Waals surface area (Å²) >= 11 is 5.25. The number of nitrogens with one attached hydrogen (secondary N) is 1. The summed E-state index contributed by atoms with van der Waals surface area (Å²) in [6.07, 6.45) is 2.01. The van der Waals surface area contributed by atoms with Crippen LogP contribution in [0.3, 0.4) is 0 Å². The predicted molar refractivity (Wildman–Crippen MR) is 70.8 cm³/mol. The van der Waals surface area contributed by atoms with Crippen LogP contribution >= 0.6 is 12.2 Å². The van der Waals surface area contributed by atoms with Gasteiger partial charge in [-0.3, -0.25) is 9.67 Å². The Bertz CT molecular complexity index is 701. The van der Waals surface area contributed by atoms with E-state index in [0.29, 0.717) is 23.6 Å². The van der Waals surface area contributed by atoms with E-state index < -0.39 is 0 Å². The number of aromatic amines is 1. The molecule has 0 atom stereocenters. The molecular formula is C12H11N5OS. The Labute approximate surface area is 114 Å². The number of aromatic nitrogens is 5. The monoisotopic (exact) mass is 273 g/mol. The fourth-order valence-electron chi connectivity index (χ4n) is 1.85. The molecule has 2 aromatic heterocycles. The fourth-order valence-corrected chi connectivity index (χ4v) is 2.07. The Morgan fingerprint density at radius 1 is 1.26 bits per heavy atom. The molecule has 0 saturated carbocycles. The lowest BCUT2D eigenvalue weighted by molar-refractivity contribution is 0.371. The zero-order chi connectivity index (χ0) is 13.1. The third-order valence-electron chi connectivity index (χ3n) is 2.75. The molecule has 0 bridgehead atoms. The minimum atomic E-state index is 0.582. The lowest BCUT2D eigenvalue weighted by atomic mass is 10.2. The standard InChI is InChI=1S/C12H11N5OS/c19-12-16-15-11(9-4-2-1-3-5-9)17(12)7-6-10-13-8-14-18-10/h1-5,8H,6-7H2,(H,16,19). The van der Waals surface area contributed by atoms with E-state index in [-0.39, 0.29) is 0 Å². The van der Waals surface area contributed by atoms with E-state index in [4.69, 9.17) is 16.7 Å². The van der Waals surface area contributed by atoms with Crippen LogP contribution in [0.25, 0.3) is 11.4 Å². The molecular weight excluding hydrogens is 262 g/mol. The number of rotatable bonds is 4. The van der Waals surface area contributed by atoms with Crippen molar-refractivity contribution in [3.05, 3.63) is 47.3 Å². The number of hydrogen-bond acceptors (Lipinski definition) is 5. The molecule has 1 aromatic carbocycles. The van der Waals surface area contributed by atoms with Crippen molar-refractivity contribution < 1.29 is 4.52 Å². The summed E-state index contributed by atoms with van der Waals surface area (Å²) in [7, 11) is 0. The van der Waals surface area contributed by atoms with Crippen molar-refractivity contribution in [2.45, 2.75) is 13.0 Å². The van der Waals surface area contributed by atoms with E-state index in [1.807, 2.05) is 34.9 Å². The molecule has 0 aliphatic carbocycles. The molecule has 0 aliphatic heterocycles. The van der Waals surface area contributed by atoms with Crippen LogP contribution in [0.2, 0.25) is 0 Å². The molecule has 6 nitrogen and oxygen atoms in total. The normalized spacial score (nSPS) is 10.7. The number of H-pyrrole nitrogens is 1. The van der Waals surface area contributed by atoms with Gasteiger partial charge in [0.25, 0.3) is 0 Å². The second-order valence-electron chi connectivity index (χ2n) is 3.96. The highest BCUT2D eigenvalue weighted by Crippen LogP contribution is 2.16. The van der Waals surface area contributed by atoms with Gasteiger partial charge < -0.3 is 4.52 Å². The fraction of sp³-hybridized carbons (Fsp3) is 0.167. The molecule has 96 valence electrons. The van der Waals surface area contributed by atoms with E-state index in [1.54, 1.807) is 0 Å². The molecule has 0 fully saturated rings. The van der Waals surface area contributed by atoms with Crippen molar-refractivity contribution in [2.75, 3.05) is 0 Å². The summed E-state index contributed by atoms with van der Waals surface area (Å²) < 4.78 is 7.49. The Kier molecular flexibility index (Phi) is 3.20. The van der Waals surface area contributed by atoms with Crippen LogP contribution in [0.4, 0.5) is 0 Å². The molecule has 2 heterocycles. The summed E-state index contributed by atoms with van der Waals surface area (Å²) in [5, 5.41) is 10.7. The van der Waals surface area contributed by atoms with Crippen LogP contribution in [0.15, 0.2) is 41.2 Å². The van der Waals surface area contributed by atoms with Crippen molar-refractivity contribution in [3.8, 4) is 11.4 Å². The molecule has 0 radical (unpaired) electrons. The summed E-state index contributed by atoms with van der Waals surface area (Å²) in [4.78, 5) is 3.99. The van der Waals surface area contributed by atoms with Crippen molar-refractivity contribution in [2.24, 2.45) is 0 Å². The Balaban J connectivity index is 1.89. The summed E-state index contributed by atoms with van der Waals surface area (Å²) in [6.45, 7) is 0.641. The van der Waals surface area contributed by atoms with Gasteiger partial charge in [-0.25, -0.2) is 0 Å². The Morgan fingerprint density at radius 2 is 2.11 bits per heavy atom. The Morgan fingerprint density at radius 3 is 2.84 bits per heavy atom. The number of hydrogen-bond donors (Lipinski definition) is 1. The maximum absolute atomic E-state index is 5.25. The number of nitrogens with zero attached hydrogens (tertiary/aromatic N) is 4. The third kappa shape index (κ3) is 2.45. The molecule has 0 spiro atoms. The summed E-state index contributed by atoms with van der Waals surface area (Å²) in [5.74, 6) is 1.40. The first-order valence-corrected chi connectivity index (χ1v) is 6.21. The van der Waals surface area contributed by atoms with E-state index in [9.17, 15) is 0 Å². The van der Waals surface area contributed by atoms with Crippen LogP contribution in [0.5, 0.6) is 0 Å². The quantitative estimate of drug-likeness (QED) is 0.738. The van der Waals surface area contributed by atoms with Gasteiger partial charge in [0.2, 0.25) is 5.89 Å². The number of benzene rings is 1. The smallest absolute Gasteiger partial charge is 0.228 e. The topological polar surface area (TPSA) is 72.5 Å². The van der Waals surface area contributed by atoms with Crippen LogP contribution in [-0.4, -0.2) is 24.9 Å². The van der Waals surface area contributed by atoms with Crippen molar-refractivity contribution in [1.29, 1.82) is 0 Å². The second kappa shape index (κ2) is 5.15. The second-order valence-corrected chi connectivity index (χ2v) is 4.34. The maximum Gasteiger partial charge on any atom is 0.228 e. The molecule has 7 heteroatoms. The zero-order valence-electron chi connectivity index (χ0n) is 9.98. The molecule has 1 N–H and O–H groups in total. The summed E-state index contributed by atoms with van der Waals surface area (Å²) in [6, 6.07) is 9.89. The van der Waals surface area contributed by atoms with E-state index in [1.165, 1.54) is 6.33 Å². The average Bonchev–Trinajstić information content (AvgIpc) is 3.07. The highest BCUT2D eigenvalue weighted by molar-refractivity contribution is 7.71. The molecule has 3 aromatic rings. The van der Waals surface area contributed by atoms with Gasteiger partial charge in [-0.15, -0.1) is 0 Å². The van der Waals surface area contributed by atoms with Crippen LogP contribution in [0.1, 0.15) is 5.89 Å². The van der Waals surface area contributed by atoms with Crippen molar-refractivity contribution >= 4 is 12.2 Å². The van der Waals surface area contributed by atoms with Gasteiger partial charge in [0.05, 0.1) is 0 Å². The van der Waals surface area contributed by atoms with Gasteiger partial charge in [-0.05, 0) is 12.2 Å². The van der Waals surface area contributed by atoms with Gasteiger partial charge in [0.15, 0.2) is 16.9 Å². The van der Waals surface area contributed by atoms with Crippen LogP contribution in [-0.2, 0) is 13.0 Å². The van der Waals surface area contributed by atoms with Gasteiger partial charge in [-0.1, -0.05) is 35.5 Å². The van der Waals surface area contributed by atoms with Crippen LogP contribution in [0, 0.1) is 4.77 Å². The molecule has 0 saturated heterocycles. The number of aryl methyl sites for hydroxylation is 1. The Hall–Kier alpha value is -2.28. The minimum Gasteiger partial charge on any atom is -0.340 e. The molecule has 0 aliphatic rings. The summed E-state index contributed by atoms with van der Waals surface area (Å²) in [5.41, 5.74) is 1.01. The van der Waals surface area contributed by atoms with Gasteiger partial charge in [0, 0.05) is 18.5 Å². The van der Waals surface area contributed by atoms with Crippen LogP contribution < -0.4 is 0 Å². The SMILES string of the molecule is S=c1[nH]nc(-c2ccccc2)n1CCc1ncno1. The van der Waals surface area contributed by atoms with E-state index in [0.717, 1.165) is 11.4 Å². The first-order valence-electron chi connectivity index (χ1n) is 5.81. The predicted octanol–water partition coefficient (Wildman–Crippen LogP) is 2.23. The maximum atomic E-state index is 5.25. The molecule has 19 heavy (non-hydrogen) atoms. The highest BCUT2D eigenvalue weighted by atomic mass is 32.1. The minimum absolute atomic E-state index is 0.582. The first kappa shape index (κ1) is 11.8. The van der Waals surface area contributed by atoms with Crippen molar-refractivity contribution in [1.82, 2.24) is 24.9 Å². The van der Waals surface area contributed by atoms with E-state index in [2.05, 4.69) is 20.3 Å². The molecule has 0 unspecified atom stereocenters. The molecule has 3 rings (SSSR count). The van der Waals surface area contributed by atoms with E-state index >= 15 is 0 Å². The lowest BCUT2D eigenvalue weighted by Gasteiger charge is -2.04. The molecule has 0 amide bonds. The van der Waals surface area contributed by atoms with Gasteiger partial charge in [-0.2, -0.15) is 10.1 Å². The van der Waals surface area contributed by atoms with Crippen molar-refractivity contribution in [3.63, 3.8) is 0 Å². The first-order chi connectivity index (χ1) is 9.34. The average molecular weight is 273 g/mol.